The summed E-state index contributed by atoms with van der Waals surface area (Å²) < 4.78 is 0. The van der Waals surface area contributed by atoms with E-state index in [4.69, 9.17) is 5.11 Å². The van der Waals surface area contributed by atoms with Gasteiger partial charge < -0.3 is 10.4 Å². The van der Waals surface area contributed by atoms with Crippen LogP contribution in [0.1, 0.15) is 40.5 Å². The van der Waals surface area contributed by atoms with E-state index in [1.807, 2.05) is 0 Å². The molecular formula is C14H28N2O2. The van der Waals surface area contributed by atoms with Gasteiger partial charge in [0, 0.05) is 31.6 Å². The molecule has 1 fully saturated rings. The Morgan fingerprint density at radius 1 is 1.33 bits per heavy atom. The molecule has 0 aliphatic carbocycles. The Hall–Kier alpha value is -0.610. The highest BCUT2D eigenvalue weighted by Crippen LogP contribution is 2.22. The number of carboxylic acids is 1. The first-order valence-electron chi connectivity index (χ1n) is 7.07. The molecule has 0 bridgehead atoms. The van der Waals surface area contributed by atoms with Crippen LogP contribution >= 0.6 is 0 Å². The molecule has 1 rings (SSSR count). The van der Waals surface area contributed by atoms with E-state index in [1.54, 1.807) is 0 Å². The molecule has 1 aliphatic rings. The van der Waals surface area contributed by atoms with E-state index in [1.165, 1.54) is 0 Å². The fourth-order valence-electron chi connectivity index (χ4n) is 2.61. The van der Waals surface area contributed by atoms with Gasteiger partial charge in [0.25, 0.3) is 0 Å². The summed E-state index contributed by atoms with van der Waals surface area (Å²) in [6.07, 6.45) is 1.28. The fraction of sp³-hybridized carbons (Fsp3) is 0.929. The third-order valence-corrected chi connectivity index (χ3v) is 3.57. The zero-order valence-electron chi connectivity index (χ0n) is 12.1. The molecule has 4 heteroatoms. The number of hydrogen-bond acceptors (Lipinski definition) is 3. The van der Waals surface area contributed by atoms with E-state index in [2.05, 4.69) is 37.9 Å². The normalized spacial score (nSPS) is 25.9. The molecule has 0 saturated carbocycles. The predicted octanol–water partition coefficient (Wildman–Crippen LogP) is 1.81. The van der Waals surface area contributed by atoms with Crippen molar-refractivity contribution in [2.24, 2.45) is 11.8 Å². The lowest BCUT2D eigenvalue weighted by atomic mass is 9.90. The van der Waals surface area contributed by atoms with Crippen molar-refractivity contribution < 1.29 is 9.90 Å². The van der Waals surface area contributed by atoms with Crippen LogP contribution in [0.4, 0.5) is 0 Å². The number of rotatable bonds is 6. The molecule has 0 spiro atoms. The lowest BCUT2D eigenvalue weighted by Crippen LogP contribution is -2.52. The van der Waals surface area contributed by atoms with Crippen LogP contribution in [0.15, 0.2) is 0 Å². The number of carbonyl (C=O) groups is 1. The zero-order chi connectivity index (χ0) is 13.7. The van der Waals surface area contributed by atoms with Gasteiger partial charge in [-0.1, -0.05) is 13.8 Å². The number of nitrogens with zero attached hydrogens (tertiary/aromatic N) is 1. The summed E-state index contributed by atoms with van der Waals surface area (Å²) in [4.78, 5) is 13.3. The third-order valence-electron chi connectivity index (χ3n) is 3.57. The SMILES string of the molecule is CC(C)CNC1CC(CC(=O)O)CN(C(C)C)C1. The molecule has 2 atom stereocenters. The molecule has 2 unspecified atom stereocenters. The van der Waals surface area contributed by atoms with Gasteiger partial charge in [-0.05, 0) is 38.6 Å². The van der Waals surface area contributed by atoms with Crippen molar-refractivity contribution in [2.45, 2.75) is 52.6 Å². The molecule has 0 aromatic carbocycles. The topological polar surface area (TPSA) is 52.6 Å². The van der Waals surface area contributed by atoms with Crippen molar-refractivity contribution >= 4 is 5.97 Å². The Labute approximate surface area is 111 Å². The summed E-state index contributed by atoms with van der Waals surface area (Å²) in [6.45, 7) is 11.7. The summed E-state index contributed by atoms with van der Waals surface area (Å²) >= 11 is 0. The summed E-state index contributed by atoms with van der Waals surface area (Å²) in [5.41, 5.74) is 0. The van der Waals surface area contributed by atoms with Crippen LogP contribution < -0.4 is 5.32 Å². The monoisotopic (exact) mass is 256 g/mol. The average molecular weight is 256 g/mol. The van der Waals surface area contributed by atoms with Crippen LogP contribution in [0, 0.1) is 11.8 Å². The Kier molecular flexibility index (Phi) is 6.09. The van der Waals surface area contributed by atoms with Gasteiger partial charge in [0.05, 0.1) is 0 Å². The van der Waals surface area contributed by atoms with Crippen molar-refractivity contribution in [3.05, 3.63) is 0 Å². The predicted molar refractivity (Wildman–Crippen MR) is 73.7 cm³/mol. The van der Waals surface area contributed by atoms with E-state index < -0.39 is 5.97 Å². The fourth-order valence-corrected chi connectivity index (χ4v) is 2.61. The molecule has 0 aromatic rings. The Morgan fingerprint density at radius 3 is 2.50 bits per heavy atom. The summed E-state index contributed by atoms with van der Waals surface area (Å²) in [6, 6.07) is 0.929. The maximum absolute atomic E-state index is 10.9. The lowest BCUT2D eigenvalue weighted by molar-refractivity contribution is -0.138. The number of hydrogen-bond donors (Lipinski definition) is 2. The van der Waals surface area contributed by atoms with E-state index in [0.717, 1.165) is 26.1 Å². The highest BCUT2D eigenvalue weighted by atomic mass is 16.4. The molecule has 1 heterocycles. The number of piperidine rings is 1. The zero-order valence-corrected chi connectivity index (χ0v) is 12.1. The smallest absolute Gasteiger partial charge is 0.303 e. The molecule has 18 heavy (non-hydrogen) atoms. The van der Waals surface area contributed by atoms with Crippen LogP contribution in [0.3, 0.4) is 0 Å². The Bertz CT molecular complexity index is 267. The maximum Gasteiger partial charge on any atom is 0.303 e. The average Bonchev–Trinajstić information content (AvgIpc) is 2.25. The minimum Gasteiger partial charge on any atom is -0.481 e. The van der Waals surface area contributed by atoms with E-state index >= 15 is 0 Å². The second-order valence-corrected chi connectivity index (χ2v) is 6.25. The van der Waals surface area contributed by atoms with Gasteiger partial charge in [0.1, 0.15) is 0 Å². The molecule has 4 nitrogen and oxygen atoms in total. The van der Waals surface area contributed by atoms with Crippen molar-refractivity contribution in [2.75, 3.05) is 19.6 Å². The Morgan fingerprint density at radius 2 is 2.00 bits per heavy atom. The van der Waals surface area contributed by atoms with Gasteiger partial charge in [0.15, 0.2) is 0 Å². The van der Waals surface area contributed by atoms with Crippen LogP contribution in [0.2, 0.25) is 0 Å². The van der Waals surface area contributed by atoms with Crippen molar-refractivity contribution in [3.63, 3.8) is 0 Å². The van der Waals surface area contributed by atoms with Crippen molar-refractivity contribution in [3.8, 4) is 0 Å². The van der Waals surface area contributed by atoms with Gasteiger partial charge >= 0.3 is 5.97 Å². The number of nitrogens with one attached hydrogen (secondary N) is 1. The van der Waals surface area contributed by atoms with Crippen molar-refractivity contribution in [1.29, 1.82) is 0 Å². The molecule has 1 aliphatic heterocycles. The minimum atomic E-state index is -0.673. The van der Waals surface area contributed by atoms with Gasteiger partial charge in [0.2, 0.25) is 0 Å². The largest absolute Gasteiger partial charge is 0.481 e. The minimum absolute atomic E-state index is 0.281. The van der Waals surface area contributed by atoms with Crippen LogP contribution in [0.25, 0.3) is 0 Å². The lowest BCUT2D eigenvalue weighted by Gasteiger charge is -2.40. The molecule has 0 radical (unpaired) electrons. The van der Waals surface area contributed by atoms with Gasteiger partial charge in [-0.25, -0.2) is 0 Å². The van der Waals surface area contributed by atoms with Gasteiger partial charge in [-0.2, -0.15) is 0 Å². The van der Waals surface area contributed by atoms with Gasteiger partial charge in [-0.3, -0.25) is 9.69 Å². The second-order valence-electron chi connectivity index (χ2n) is 6.25. The Balaban J connectivity index is 2.53. The molecule has 0 aromatic heterocycles. The first kappa shape index (κ1) is 15.4. The number of aliphatic carboxylic acids is 1. The third kappa shape index (κ3) is 5.36. The first-order chi connectivity index (χ1) is 8.38. The van der Waals surface area contributed by atoms with Crippen LogP contribution in [-0.4, -0.2) is 47.7 Å². The molecule has 106 valence electrons. The summed E-state index contributed by atoms with van der Waals surface area (Å²) in [5.74, 6) is 0.244. The van der Waals surface area contributed by atoms with E-state index in [9.17, 15) is 4.79 Å². The molecule has 1 saturated heterocycles. The van der Waals surface area contributed by atoms with E-state index in [-0.39, 0.29) is 5.92 Å². The van der Waals surface area contributed by atoms with Crippen LogP contribution in [0.5, 0.6) is 0 Å². The first-order valence-corrected chi connectivity index (χ1v) is 7.07. The van der Waals surface area contributed by atoms with E-state index in [0.29, 0.717) is 24.4 Å². The summed E-state index contributed by atoms with van der Waals surface area (Å²) in [7, 11) is 0. The standard InChI is InChI=1S/C14H28N2O2/c1-10(2)7-15-13-5-12(6-14(17)18)8-16(9-13)11(3)4/h10-13,15H,5-9H2,1-4H3,(H,17,18). The maximum atomic E-state index is 10.9. The van der Waals surface area contributed by atoms with Gasteiger partial charge in [-0.15, -0.1) is 0 Å². The highest BCUT2D eigenvalue weighted by Gasteiger charge is 2.29. The van der Waals surface area contributed by atoms with Crippen molar-refractivity contribution in [1.82, 2.24) is 10.2 Å². The quantitative estimate of drug-likeness (QED) is 0.761. The molecule has 0 amide bonds. The number of likely N-dealkylation sites (tertiary alicyclic amines) is 1. The molecule has 2 N–H and O–H groups in total. The highest BCUT2D eigenvalue weighted by molar-refractivity contribution is 5.67. The number of carboxylic acid groups (broad SMARTS) is 1. The second kappa shape index (κ2) is 7.10. The molecular weight excluding hydrogens is 228 g/mol. The summed E-state index contributed by atoms with van der Waals surface area (Å²) in [5, 5.41) is 12.5. The van der Waals surface area contributed by atoms with Crippen LogP contribution in [-0.2, 0) is 4.79 Å².